The Bertz CT molecular complexity index is 246. The Kier molecular flexibility index (Phi) is 1.87. The third-order valence-electron chi connectivity index (χ3n) is 1.94. The topological polar surface area (TPSA) is 54.7 Å². The van der Waals surface area contributed by atoms with Crippen LogP contribution >= 0.6 is 11.8 Å². The van der Waals surface area contributed by atoms with Gasteiger partial charge in [-0.05, 0) is 12.2 Å². The minimum absolute atomic E-state index is 0.421. The van der Waals surface area contributed by atoms with Crippen molar-refractivity contribution < 1.29 is 0 Å². The van der Waals surface area contributed by atoms with Gasteiger partial charge in [0.15, 0.2) is 0 Å². The number of aromatic nitrogens is 2. The van der Waals surface area contributed by atoms with Gasteiger partial charge < -0.3 is 10.7 Å². The second-order valence-corrected chi connectivity index (χ2v) is 3.92. The first kappa shape index (κ1) is 7.18. The highest BCUT2D eigenvalue weighted by atomic mass is 32.2. The highest BCUT2D eigenvalue weighted by molar-refractivity contribution is 7.99. The molecule has 1 aliphatic rings. The number of nitrogens with two attached hydrogens (primary N) is 1. The fourth-order valence-corrected chi connectivity index (χ4v) is 2.47. The van der Waals surface area contributed by atoms with Crippen LogP contribution in [-0.4, -0.2) is 22.3 Å². The Hall–Kier alpha value is -0.480. The number of H-pyrrole nitrogens is 1. The number of aromatic amines is 1. The van der Waals surface area contributed by atoms with E-state index in [0.29, 0.717) is 11.8 Å². The number of nitrogens with one attached hydrogen (secondary N) is 1. The molecule has 0 aliphatic carbocycles. The summed E-state index contributed by atoms with van der Waals surface area (Å²) in [6, 6.07) is 0. The normalized spacial score (nSPS) is 23.2. The molecule has 2 rings (SSSR count). The molecule has 4 heteroatoms. The standard InChI is InChI=1S/C7H11N3S/c8-3-6-7-5(1-2-11-6)9-4-10-7/h4,6H,1-3,8H2,(H,9,10). The highest BCUT2D eigenvalue weighted by Crippen LogP contribution is 2.33. The summed E-state index contributed by atoms with van der Waals surface area (Å²) in [5, 5.41) is 0.421. The van der Waals surface area contributed by atoms with Crippen LogP contribution in [0.25, 0.3) is 0 Å². The van der Waals surface area contributed by atoms with Crippen molar-refractivity contribution in [2.45, 2.75) is 11.7 Å². The van der Waals surface area contributed by atoms with Crippen LogP contribution in [0.4, 0.5) is 0 Å². The molecule has 0 fully saturated rings. The number of hydrogen-bond donors (Lipinski definition) is 2. The Balaban J connectivity index is 2.32. The zero-order valence-electron chi connectivity index (χ0n) is 6.21. The van der Waals surface area contributed by atoms with Crippen LogP contribution < -0.4 is 5.73 Å². The average molecular weight is 169 g/mol. The summed E-state index contributed by atoms with van der Waals surface area (Å²) in [4.78, 5) is 7.39. The van der Waals surface area contributed by atoms with Crippen molar-refractivity contribution in [1.29, 1.82) is 0 Å². The third-order valence-corrected chi connectivity index (χ3v) is 3.20. The molecule has 0 aromatic carbocycles. The summed E-state index contributed by atoms with van der Waals surface area (Å²) in [5.41, 5.74) is 8.05. The van der Waals surface area contributed by atoms with Crippen molar-refractivity contribution in [2.75, 3.05) is 12.3 Å². The van der Waals surface area contributed by atoms with E-state index in [4.69, 9.17) is 5.73 Å². The van der Waals surface area contributed by atoms with Crippen molar-refractivity contribution in [3.63, 3.8) is 0 Å². The molecule has 1 aromatic rings. The fraction of sp³-hybridized carbons (Fsp3) is 0.571. The number of hydrogen-bond acceptors (Lipinski definition) is 3. The monoisotopic (exact) mass is 169 g/mol. The van der Waals surface area contributed by atoms with Gasteiger partial charge in [0.25, 0.3) is 0 Å². The quantitative estimate of drug-likeness (QED) is 0.650. The zero-order valence-corrected chi connectivity index (χ0v) is 7.03. The van der Waals surface area contributed by atoms with Crippen molar-refractivity contribution in [1.82, 2.24) is 9.97 Å². The largest absolute Gasteiger partial charge is 0.348 e. The van der Waals surface area contributed by atoms with Crippen molar-refractivity contribution in [3.05, 3.63) is 17.7 Å². The molecule has 11 heavy (non-hydrogen) atoms. The van der Waals surface area contributed by atoms with E-state index in [0.717, 1.165) is 12.2 Å². The molecule has 2 heterocycles. The number of imidazole rings is 1. The third kappa shape index (κ3) is 1.16. The van der Waals surface area contributed by atoms with Gasteiger partial charge in [-0.25, -0.2) is 4.98 Å². The lowest BCUT2D eigenvalue weighted by molar-refractivity contribution is 0.861. The zero-order chi connectivity index (χ0) is 7.68. The van der Waals surface area contributed by atoms with E-state index >= 15 is 0 Å². The summed E-state index contributed by atoms with van der Waals surface area (Å²) < 4.78 is 0. The molecule has 0 spiro atoms. The summed E-state index contributed by atoms with van der Waals surface area (Å²) in [7, 11) is 0. The maximum absolute atomic E-state index is 5.60. The lowest BCUT2D eigenvalue weighted by Gasteiger charge is -2.18. The van der Waals surface area contributed by atoms with Crippen LogP contribution in [0.5, 0.6) is 0 Å². The van der Waals surface area contributed by atoms with Gasteiger partial charge in [-0.15, -0.1) is 0 Å². The maximum atomic E-state index is 5.60. The Labute approximate surface area is 69.8 Å². The average Bonchev–Trinajstić information content (AvgIpc) is 2.50. The predicted octanol–water partition coefficient (Wildman–Crippen LogP) is 0.699. The van der Waals surface area contributed by atoms with E-state index in [9.17, 15) is 0 Å². The van der Waals surface area contributed by atoms with Gasteiger partial charge in [0.1, 0.15) is 0 Å². The van der Waals surface area contributed by atoms with E-state index in [1.807, 2.05) is 11.8 Å². The molecule has 3 nitrogen and oxygen atoms in total. The van der Waals surface area contributed by atoms with Gasteiger partial charge in [0.2, 0.25) is 0 Å². The van der Waals surface area contributed by atoms with Gasteiger partial charge in [-0.3, -0.25) is 0 Å². The summed E-state index contributed by atoms with van der Waals surface area (Å²) >= 11 is 1.90. The van der Waals surface area contributed by atoms with E-state index in [1.165, 1.54) is 11.4 Å². The lowest BCUT2D eigenvalue weighted by Crippen LogP contribution is -2.16. The molecule has 1 aliphatic heterocycles. The fourth-order valence-electron chi connectivity index (χ4n) is 1.37. The summed E-state index contributed by atoms with van der Waals surface area (Å²) in [5.74, 6) is 1.16. The van der Waals surface area contributed by atoms with Gasteiger partial charge >= 0.3 is 0 Å². The molecular weight excluding hydrogens is 158 g/mol. The summed E-state index contributed by atoms with van der Waals surface area (Å²) in [6.07, 6.45) is 2.87. The minimum Gasteiger partial charge on any atom is -0.348 e. The Morgan fingerprint density at radius 2 is 2.73 bits per heavy atom. The second-order valence-electron chi connectivity index (χ2n) is 2.61. The van der Waals surface area contributed by atoms with Gasteiger partial charge in [-0.1, -0.05) is 0 Å². The lowest BCUT2D eigenvalue weighted by atomic mass is 10.2. The van der Waals surface area contributed by atoms with Crippen LogP contribution in [0.3, 0.4) is 0 Å². The van der Waals surface area contributed by atoms with Crippen molar-refractivity contribution in [2.24, 2.45) is 5.73 Å². The van der Waals surface area contributed by atoms with Crippen LogP contribution in [0, 0.1) is 0 Å². The van der Waals surface area contributed by atoms with Gasteiger partial charge in [0.05, 0.1) is 17.3 Å². The molecule has 0 saturated heterocycles. The molecule has 0 bridgehead atoms. The van der Waals surface area contributed by atoms with Crippen LogP contribution in [-0.2, 0) is 6.42 Å². The minimum atomic E-state index is 0.421. The molecule has 0 radical (unpaired) electrons. The predicted molar refractivity (Wildman–Crippen MR) is 46.5 cm³/mol. The maximum Gasteiger partial charge on any atom is 0.0925 e. The molecule has 0 saturated carbocycles. The molecule has 3 N–H and O–H groups in total. The highest BCUT2D eigenvalue weighted by Gasteiger charge is 2.21. The number of thioether (sulfide) groups is 1. The molecule has 1 unspecified atom stereocenters. The van der Waals surface area contributed by atoms with Crippen molar-refractivity contribution in [3.8, 4) is 0 Å². The first-order chi connectivity index (χ1) is 5.42. The molecular formula is C7H11N3S. The number of fused-ring (bicyclic) bond motifs is 1. The first-order valence-corrected chi connectivity index (χ1v) is 4.80. The number of nitrogens with zero attached hydrogens (tertiary/aromatic N) is 1. The van der Waals surface area contributed by atoms with Crippen molar-refractivity contribution >= 4 is 11.8 Å². The molecule has 60 valence electrons. The Morgan fingerprint density at radius 3 is 3.55 bits per heavy atom. The Morgan fingerprint density at radius 1 is 1.82 bits per heavy atom. The van der Waals surface area contributed by atoms with E-state index in [-0.39, 0.29) is 0 Å². The van der Waals surface area contributed by atoms with E-state index < -0.39 is 0 Å². The molecule has 1 aromatic heterocycles. The van der Waals surface area contributed by atoms with E-state index in [1.54, 1.807) is 6.33 Å². The second kappa shape index (κ2) is 2.87. The molecule has 1 atom stereocenters. The number of rotatable bonds is 1. The number of aryl methyl sites for hydroxylation is 1. The smallest absolute Gasteiger partial charge is 0.0925 e. The summed E-state index contributed by atoms with van der Waals surface area (Å²) in [6.45, 7) is 0.697. The van der Waals surface area contributed by atoms with Gasteiger partial charge in [0, 0.05) is 12.2 Å². The van der Waals surface area contributed by atoms with Crippen LogP contribution in [0.2, 0.25) is 0 Å². The van der Waals surface area contributed by atoms with Crippen LogP contribution in [0.1, 0.15) is 16.6 Å². The SMILES string of the molecule is NCC1SCCc2[nH]cnc21. The first-order valence-electron chi connectivity index (χ1n) is 3.75. The van der Waals surface area contributed by atoms with E-state index in [2.05, 4.69) is 9.97 Å². The molecule has 0 amide bonds. The van der Waals surface area contributed by atoms with Crippen LogP contribution in [0.15, 0.2) is 6.33 Å². The van der Waals surface area contributed by atoms with Gasteiger partial charge in [-0.2, -0.15) is 11.8 Å².